The Hall–Kier alpha value is -2.21. The molecule has 0 aliphatic rings. The number of aromatic amines is 1. The summed E-state index contributed by atoms with van der Waals surface area (Å²) >= 11 is 6.57. The van der Waals surface area contributed by atoms with E-state index >= 15 is 0 Å². The number of fused-ring (bicyclic) bond motifs is 1. The van der Waals surface area contributed by atoms with Gasteiger partial charge in [0.05, 0.1) is 25.3 Å². The van der Waals surface area contributed by atoms with Crippen molar-refractivity contribution in [1.29, 1.82) is 0 Å². The molecule has 3 rings (SSSR count). The minimum absolute atomic E-state index is 0.451. The molecule has 144 valence electrons. The summed E-state index contributed by atoms with van der Waals surface area (Å²) in [5.74, 6) is 1.39. The monoisotopic (exact) mass is 388 g/mol. The molecule has 0 saturated carbocycles. The Morgan fingerprint density at radius 1 is 1.07 bits per heavy atom. The number of nitrogens with zero attached hydrogens (tertiary/aromatic N) is 1. The molecular weight excluding hydrogens is 364 g/mol. The zero-order valence-corrected chi connectivity index (χ0v) is 16.6. The molecular formula is C21H25ClN2O3. The number of para-hydroxylation sites is 1. The Morgan fingerprint density at radius 3 is 2.48 bits per heavy atom. The van der Waals surface area contributed by atoms with Gasteiger partial charge in [0.25, 0.3) is 0 Å². The quantitative estimate of drug-likeness (QED) is 0.606. The summed E-state index contributed by atoms with van der Waals surface area (Å²) in [6.45, 7) is 3.57. The van der Waals surface area contributed by atoms with E-state index in [2.05, 4.69) is 9.88 Å². The Bertz CT molecular complexity index is 908. The normalized spacial score (nSPS) is 12.5. The second-order valence-electron chi connectivity index (χ2n) is 6.67. The fraction of sp³-hybridized carbons (Fsp3) is 0.333. The van der Waals surface area contributed by atoms with Crippen molar-refractivity contribution in [3.63, 3.8) is 0 Å². The Kier molecular flexibility index (Phi) is 6.26. The summed E-state index contributed by atoms with van der Waals surface area (Å²) in [5.41, 5.74) is 3.03. The number of aromatic nitrogens is 1. The molecule has 0 aliphatic carbocycles. The third kappa shape index (κ3) is 4.56. The lowest BCUT2D eigenvalue weighted by Crippen LogP contribution is -2.30. The average Bonchev–Trinajstić information content (AvgIpc) is 2.97. The van der Waals surface area contributed by atoms with E-state index in [0.29, 0.717) is 31.1 Å². The Balaban J connectivity index is 1.84. The number of aliphatic hydroxyl groups excluding tert-OH is 1. The molecule has 1 atom stereocenters. The molecule has 0 aliphatic heterocycles. The van der Waals surface area contributed by atoms with E-state index in [4.69, 9.17) is 21.1 Å². The highest BCUT2D eigenvalue weighted by molar-refractivity contribution is 6.36. The van der Waals surface area contributed by atoms with Crippen LogP contribution in [0.15, 0.2) is 42.5 Å². The lowest BCUT2D eigenvalue weighted by Gasteiger charge is -2.24. The maximum absolute atomic E-state index is 9.94. The highest BCUT2D eigenvalue weighted by atomic mass is 35.5. The fourth-order valence-corrected chi connectivity index (χ4v) is 3.56. The molecule has 27 heavy (non-hydrogen) atoms. The number of rotatable bonds is 8. The number of halogens is 1. The van der Waals surface area contributed by atoms with Crippen LogP contribution < -0.4 is 9.47 Å². The highest BCUT2D eigenvalue weighted by Gasteiger charge is 2.16. The van der Waals surface area contributed by atoms with Gasteiger partial charge in [0.15, 0.2) is 11.5 Å². The topological polar surface area (TPSA) is 57.7 Å². The van der Waals surface area contributed by atoms with Gasteiger partial charge in [-0.1, -0.05) is 35.9 Å². The SMILES string of the molecule is COc1ccc(CN(Cc2[nH]c3ccccc3c2Cl)C[C@@H](C)O)cc1OC. The van der Waals surface area contributed by atoms with E-state index in [-0.39, 0.29) is 0 Å². The first-order valence-electron chi connectivity index (χ1n) is 8.88. The van der Waals surface area contributed by atoms with Crippen LogP contribution >= 0.6 is 11.6 Å². The molecule has 5 nitrogen and oxygen atoms in total. The number of nitrogens with one attached hydrogen (secondary N) is 1. The summed E-state index contributed by atoms with van der Waals surface area (Å²) in [6, 6.07) is 13.8. The van der Waals surface area contributed by atoms with Crippen LogP contribution in [-0.2, 0) is 13.1 Å². The second kappa shape index (κ2) is 8.65. The smallest absolute Gasteiger partial charge is 0.161 e. The van der Waals surface area contributed by atoms with Crippen LogP contribution in [-0.4, -0.2) is 41.9 Å². The van der Waals surface area contributed by atoms with Gasteiger partial charge in [-0.25, -0.2) is 0 Å². The average molecular weight is 389 g/mol. The van der Waals surface area contributed by atoms with Gasteiger partial charge in [0, 0.05) is 36.2 Å². The van der Waals surface area contributed by atoms with Crippen LogP contribution in [0.2, 0.25) is 5.02 Å². The van der Waals surface area contributed by atoms with Gasteiger partial charge in [0.1, 0.15) is 0 Å². The van der Waals surface area contributed by atoms with Crippen molar-refractivity contribution >= 4 is 22.5 Å². The summed E-state index contributed by atoms with van der Waals surface area (Å²) in [6.07, 6.45) is -0.451. The largest absolute Gasteiger partial charge is 0.493 e. The number of hydrogen-bond donors (Lipinski definition) is 2. The molecule has 0 radical (unpaired) electrons. The van der Waals surface area contributed by atoms with Crippen molar-refractivity contribution in [2.24, 2.45) is 0 Å². The predicted octanol–water partition coefficient (Wildman–Crippen LogP) is 4.22. The van der Waals surface area contributed by atoms with Crippen molar-refractivity contribution in [3.05, 3.63) is 58.7 Å². The van der Waals surface area contributed by atoms with Gasteiger partial charge in [-0.05, 0) is 30.7 Å². The summed E-state index contributed by atoms with van der Waals surface area (Å²) < 4.78 is 10.7. The first-order valence-corrected chi connectivity index (χ1v) is 9.26. The van der Waals surface area contributed by atoms with Gasteiger partial charge < -0.3 is 19.6 Å². The molecule has 0 bridgehead atoms. The van der Waals surface area contributed by atoms with E-state index in [1.54, 1.807) is 21.1 Å². The number of H-pyrrole nitrogens is 1. The number of benzene rings is 2. The van der Waals surface area contributed by atoms with E-state index in [9.17, 15) is 5.11 Å². The molecule has 3 aromatic rings. The Morgan fingerprint density at radius 2 is 1.81 bits per heavy atom. The molecule has 2 aromatic carbocycles. The molecule has 0 amide bonds. The molecule has 2 N–H and O–H groups in total. The van der Waals surface area contributed by atoms with Crippen molar-refractivity contribution in [1.82, 2.24) is 9.88 Å². The van der Waals surface area contributed by atoms with Crippen LogP contribution in [0.5, 0.6) is 11.5 Å². The molecule has 6 heteroatoms. The first kappa shape index (κ1) is 19.5. The molecule has 1 aromatic heterocycles. The van der Waals surface area contributed by atoms with Crippen LogP contribution in [0.25, 0.3) is 10.9 Å². The van der Waals surface area contributed by atoms with E-state index in [1.807, 2.05) is 42.5 Å². The second-order valence-corrected chi connectivity index (χ2v) is 7.05. The summed E-state index contributed by atoms with van der Waals surface area (Å²) in [7, 11) is 3.24. The molecule has 0 fully saturated rings. The highest BCUT2D eigenvalue weighted by Crippen LogP contribution is 2.30. The third-order valence-electron chi connectivity index (χ3n) is 4.47. The number of aliphatic hydroxyl groups is 1. The standard InChI is InChI=1S/C21H25ClN2O3/c1-14(25)11-24(12-15-8-9-19(26-2)20(10-15)27-3)13-18-21(22)16-6-4-5-7-17(16)23-18/h4-10,14,23,25H,11-13H2,1-3H3/t14-/m1/s1. The first-order chi connectivity index (χ1) is 13.0. The van der Waals surface area contributed by atoms with E-state index in [0.717, 1.165) is 27.2 Å². The van der Waals surface area contributed by atoms with E-state index in [1.165, 1.54) is 0 Å². The number of methoxy groups -OCH3 is 2. The minimum atomic E-state index is -0.451. The zero-order valence-electron chi connectivity index (χ0n) is 15.8. The minimum Gasteiger partial charge on any atom is -0.493 e. The lowest BCUT2D eigenvalue weighted by molar-refractivity contribution is 0.117. The van der Waals surface area contributed by atoms with Gasteiger partial charge in [0.2, 0.25) is 0 Å². The van der Waals surface area contributed by atoms with Crippen molar-refractivity contribution in [2.75, 3.05) is 20.8 Å². The van der Waals surface area contributed by atoms with Gasteiger partial charge in [-0.2, -0.15) is 0 Å². The molecule has 0 spiro atoms. The lowest BCUT2D eigenvalue weighted by atomic mass is 10.1. The Labute approximate surface area is 164 Å². The summed E-state index contributed by atoms with van der Waals surface area (Å²) in [5, 5.41) is 11.7. The van der Waals surface area contributed by atoms with Crippen LogP contribution in [0.1, 0.15) is 18.2 Å². The van der Waals surface area contributed by atoms with Crippen molar-refractivity contribution in [3.8, 4) is 11.5 Å². The zero-order chi connectivity index (χ0) is 19.4. The van der Waals surface area contributed by atoms with Gasteiger partial charge >= 0.3 is 0 Å². The number of ether oxygens (including phenoxy) is 2. The van der Waals surface area contributed by atoms with Gasteiger partial charge in [-0.15, -0.1) is 0 Å². The third-order valence-corrected chi connectivity index (χ3v) is 4.90. The molecule has 0 saturated heterocycles. The maximum atomic E-state index is 9.94. The van der Waals surface area contributed by atoms with Crippen molar-refractivity contribution in [2.45, 2.75) is 26.1 Å². The van der Waals surface area contributed by atoms with Crippen LogP contribution in [0.3, 0.4) is 0 Å². The van der Waals surface area contributed by atoms with Crippen LogP contribution in [0, 0.1) is 0 Å². The van der Waals surface area contributed by atoms with Crippen LogP contribution in [0.4, 0.5) is 0 Å². The van der Waals surface area contributed by atoms with Crippen molar-refractivity contribution < 1.29 is 14.6 Å². The fourth-order valence-electron chi connectivity index (χ4n) is 3.29. The van der Waals surface area contributed by atoms with Gasteiger partial charge in [-0.3, -0.25) is 4.90 Å². The van der Waals surface area contributed by atoms with E-state index < -0.39 is 6.10 Å². The molecule has 0 unspecified atom stereocenters. The summed E-state index contributed by atoms with van der Waals surface area (Å²) in [4.78, 5) is 5.55. The number of hydrogen-bond acceptors (Lipinski definition) is 4. The maximum Gasteiger partial charge on any atom is 0.161 e. The predicted molar refractivity (Wildman–Crippen MR) is 109 cm³/mol. The molecule has 1 heterocycles.